The van der Waals surface area contributed by atoms with Gasteiger partial charge in [0.2, 0.25) is 5.88 Å². The minimum Gasteiger partial charge on any atom is -0.497 e. The summed E-state index contributed by atoms with van der Waals surface area (Å²) < 4.78 is 11.0. The standard InChI is InChI=1S/C23H29N5O2S/c1-4-20-16-27-22(31-20)11-12-25-23(24-5-2)28-15-17-9-10-21(26-14-17)30-19-8-6-7-18(13-19)29-3/h6-10,13-14,16H,4-5,11-12,15H2,1-3H3,(H2,24,25,28). The lowest BCUT2D eigenvalue weighted by Crippen LogP contribution is -2.38. The molecule has 0 unspecified atom stereocenters. The molecule has 0 fully saturated rings. The summed E-state index contributed by atoms with van der Waals surface area (Å²) in [4.78, 5) is 14.8. The van der Waals surface area contributed by atoms with E-state index in [0.717, 1.165) is 48.2 Å². The second-order valence-electron chi connectivity index (χ2n) is 6.73. The predicted octanol–water partition coefficient (Wildman–Crippen LogP) is 4.20. The van der Waals surface area contributed by atoms with Gasteiger partial charge in [0.05, 0.1) is 18.7 Å². The number of hydrogen-bond donors (Lipinski definition) is 2. The molecule has 3 aromatic rings. The Morgan fingerprint density at radius 1 is 1.06 bits per heavy atom. The first-order valence-electron chi connectivity index (χ1n) is 10.4. The van der Waals surface area contributed by atoms with Gasteiger partial charge in [-0.25, -0.2) is 15.0 Å². The lowest BCUT2D eigenvalue weighted by Gasteiger charge is -2.11. The van der Waals surface area contributed by atoms with Crippen LogP contribution in [0.5, 0.6) is 17.4 Å². The molecule has 3 rings (SSSR count). The molecule has 1 aromatic carbocycles. The number of nitrogens with one attached hydrogen (secondary N) is 2. The number of methoxy groups -OCH3 is 1. The largest absolute Gasteiger partial charge is 0.497 e. The van der Waals surface area contributed by atoms with Crippen LogP contribution in [0.3, 0.4) is 0 Å². The van der Waals surface area contributed by atoms with Gasteiger partial charge in [-0.3, -0.25) is 0 Å². The summed E-state index contributed by atoms with van der Waals surface area (Å²) in [5.41, 5.74) is 1.00. The van der Waals surface area contributed by atoms with Gasteiger partial charge in [0.15, 0.2) is 5.96 Å². The maximum absolute atomic E-state index is 5.79. The van der Waals surface area contributed by atoms with E-state index in [-0.39, 0.29) is 0 Å². The summed E-state index contributed by atoms with van der Waals surface area (Å²) in [5.74, 6) is 2.74. The molecule has 0 atom stereocenters. The quantitative estimate of drug-likeness (QED) is 0.364. The number of ether oxygens (including phenoxy) is 2. The van der Waals surface area contributed by atoms with Crippen LogP contribution in [0.25, 0.3) is 0 Å². The van der Waals surface area contributed by atoms with E-state index >= 15 is 0 Å². The van der Waals surface area contributed by atoms with Gasteiger partial charge in [-0.1, -0.05) is 19.1 Å². The highest BCUT2D eigenvalue weighted by atomic mass is 32.1. The van der Waals surface area contributed by atoms with Gasteiger partial charge < -0.3 is 20.1 Å². The maximum atomic E-state index is 5.79. The minimum absolute atomic E-state index is 0.527. The lowest BCUT2D eigenvalue weighted by atomic mass is 10.3. The van der Waals surface area contributed by atoms with Gasteiger partial charge in [-0.2, -0.15) is 0 Å². The normalized spacial score (nSPS) is 11.3. The molecule has 0 aliphatic heterocycles. The van der Waals surface area contributed by atoms with Crippen molar-refractivity contribution in [3.05, 3.63) is 64.2 Å². The fraction of sp³-hybridized carbons (Fsp3) is 0.348. The fourth-order valence-corrected chi connectivity index (χ4v) is 3.64. The Kier molecular flexibility index (Phi) is 8.66. The van der Waals surface area contributed by atoms with Crippen molar-refractivity contribution in [2.24, 2.45) is 4.99 Å². The molecular weight excluding hydrogens is 410 g/mol. The molecule has 0 spiro atoms. The van der Waals surface area contributed by atoms with Gasteiger partial charge in [0.25, 0.3) is 0 Å². The van der Waals surface area contributed by atoms with Crippen molar-refractivity contribution in [2.75, 3.05) is 20.2 Å². The van der Waals surface area contributed by atoms with E-state index in [4.69, 9.17) is 9.47 Å². The predicted molar refractivity (Wildman–Crippen MR) is 125 cm³/mol. The molecule has 2 aromatic heterocycles. The van der Waals surface area contributed by atoms with Gasteiger partial charge in [0, 0.05) is 48.9 Å². The first kappa shape index (κ1) is 22.6. The highest BCUT2D eigenvalue weighted by Crippen LogP contribution is 2.23. The summed E-state index contributed by atoms with van der Waals surface area (Å²) in [6, 6.07) is 11.3. The highest BCUT2D eigenvalue weighted by molar-refractivity contribution is 7.11. The van der Waals surface area contributed by atoms with Crippen molar-refractivity contribution in [3.63, 3.8) is 0 Å². The first-order chi connectivity index (χ1) is 15.2. The van der Waals surface area contributed by atoms with Crippen molar-refractivity contribution in [1.29, 1.82) is 0 Å². The third kappa shape index (κ3) is 7.25. The zero-order valence-corrected chi connectivity index (χ0v) is 19.0. The Balaban J connectivity index is 1.52. The average Bonchev–Trinajstić information content (AvgIpc) is 3.26. The van der Waals surface area contributed by atoms with Crippen LogP contribution in [0.15, 0.2) is 53.8 Å². The molecule has 0 bridgehead atoms. The van der Waals surface area contributed by atoms with Crippen LogP contribution in [0, 0.1) is 0 Å². The van der Waals surface area contributed by atoms with Crippen LogP contribution in [0.1, 0.15) is 29.3 Å². The van der Waals surface area contributed by atoms with Gasteiger partial charge in [0.1, 0.15) is 11.5 Å². The molecule has 0 saturated heterocycles. The number of hydrogen-bond acceptors (Lipinski definition) is 6. The number of aryl methyl sites for hydroxylation is 1. The number of guanidine groups is 1. The fourth-order valence-electron chi connectivity index (χ4n) is 2.78. The van der Waals surface area contributed by atoms with E-state index in [2.05, 4.69) is 39.4 Å². The van der Waals surface area contributed by atoms with E-state index in [0.29, 0.717) is 18.2 Å². The van der Waals surface area contributed by atoms with Crippen LogP contribution in [-0.4, -0.2) is 36.1 Å². The molecule has 0 radical (unpaired) electrons. The molecule has 0 saturated carbocycles. The molecule has 0 aliphatic carbocycles. The number of pyridine rings is 1. The van der Waals surface area contributed by atoms with Crippen molar-refractivity contribution < 1.29 is 9.47 Å². The number of benzene rings is 1. The summed E-state index contributed by atoms with van der Waals surface area (Å²) in [7, 11) is 1.63. The summed E-state index contributed by atoms with van der Waals surface area (Å²) >= 11 is 1.77. The Labute approximate surface area is 187 Å². The zero-order chi connectivity index (χ0) is 21.9. The van der Waals surface area contributed by atoms with Gasteiger partial charge in [-0.05, 0) is 31.0 Å². The third-order valence-electron chi connectivity index (χ3n) is 4.41. The number of thiazole rings is 1. The van der Waals surface area contributed by atoms with Gasteiger partial charge >= 0.3 is 0 Å². The average molecular weight is 440 g/mol. The van der Waals surface area contributed by atoms with Crippen LogP contribution >= 0.6 is 11.3 Å². The smallest absolute Gasteiger partial charge is 0.219 e. The van der Waals surface area contributed by atoms with Crippen molar-refractivity contribution in [2.45, 2.75) is 33.2 Å². The minimum atomic E-state index is 0.527. The van der Waals surface area contributed by atoms with Crippen LogP contribution in [0.4, 0.5) is 0 Å². The SMILES string of the molecule is CCNC(=NCc1ccc(Oc2cccc(OC)c2)nc1)NCCc1ncc(CC)s1. The molecular formula is C23H29N5O2S. The molecule has 2 heterocycles. The van der Waals surface area contributed by atoms with Crippen molar-refractivity contribution in [1.82, 2.24) is 20.6 Å². The second-order valence-corrected chi connectivity index (χ2v) is 7.93. The monoisotopic (exact) mass is 439 g/mol. The van der Waals surface area contributed by atoms with Crippen LogP contribution in [0.2, 0.25) is 0 Å². The zero-order valence-electron chi connectivity index (χ0n) is 18.2. The molecule has 164 valence electrons. The topological polar surface area (TPSA) is 80.7 Å². The number of rotatable bonds is 10. The van der Waals surface area contributed by atoms with E-state index in [1.165, 1.54) is 4.88 Å². The lowest BCUT2D eigenvalue weighted by molar-refractivity contribution is 0.407. The summed E-state index contributed by atoms with van der Waals surface area (Å²) in [6.45, 7) is 6.32. The molecule has 0 amide bonds. The first-order valence-corrected chi connectivity index (χ1v) is 11.2. The second kappa shape index (κ2) is 11.9. The van der Waals surface area contributed by atoms with E-state index in [1.807, 2.05) is 42.6 Å². The summed E-state index contributed by atoms with van der Waals surface area (Å²) in [6.07, 6.45) is 5.66. The molecule has 8 heteroatoms. The van der Waals surface area contributed by atoms with Crippen molar-refractivity contribution >= 4 is 17.3 Å². The third-order valence-corrected chi connectivity index (χ3v) is 5.61. The number of aliphatic imine (C=N–C) groups is 1. The van der Waals surface area contributed by atoms with Crippen LogP contribution < -0.4 is 20.1 Å². The summed E-state index contributed by atoms with van der Waals surface area (Å²) in [5, 5.41) is 7.79. The molecule has 0 aliphatic rings. The Hall–Kier alpha value is -3.13. The van der Waals surface area contributed by atoms with Crippen LogP contribution in [-0.2, 0) is 19.4 Å². The molecule has 2 N–H and O–H groups in total. The highest BCUT2D eigenvalue weighted by Gasteiger charge is 2.04. The van der Waals surface area contributed by atoms with E-state index < -0.39 is 0 Å². The number of nitrogens with zero attached hydrogens (tertiary/aromatic N) is 3. The van der Waals surface area contributed by atoms with E-state index in [9.17, 15) is 0 Å². The van der Waals surface area contributed by atoms with Crippen molar-refractivity contribution in [3.8, 4) is 17.4 Å². The maximum Gasteiger partial charge on any atom is 0.219 e. The van der Waals surface area contributed by atoms with Gasteiger partial charge in [-0.15, -0.1) is 11.3 Å². The molecule has 7 nitrogen and oxygen atoms in total. The molecule has 31 heavy (non-hydrogen) atoms. The number of aromatic nitrogens is 2. The Bertz CT molecular complexity index is 972. The Morgan fingerprint density at radius 3 is 2.65 bits per heavy atom. The van der Waals surface area contributed by atoms with E-state index in [1.54, 1.807) is 24.6 Å². The Morgan fingerprint density at radius 2 is 1.94 bits per heavy atom.